The first-order valence-electron chi connectivity index (χ1n) is 11.5. The normalized spacial score (nSPS) is 15.0. The van der Waals surface area contributed by atoms with E-state index in [0.717, 1.165) is 36.4 Å². The van der Waals surface area contributed by atoms with E-state index in [0.29, 0.717) is 34.8 Å². The third-order valence-electron chi connectivity index (χ3n) is 6.16. The van der Waals surface area contributed by atoms with Crippen LogP contribution in [-0.4, -0.2) is 26.4 Å². The largest absolute Gasteiger partial charge is 0.486 e. The van der Waals surface area contributed by atoms with Crippen LogP contribution in [0.2, 0.25) is 0 Å². The second-order valence-electron chi connectivity index (χ2n) is 8.68. The zero-order valence-corrected chi connectivity index (χ0v) is 21.6. The maximum Gasteiger partial charge on any atom is 0.235 e. The van der Waals surface area contributed by atoms with Crippen molar-refractivity contribution >= 4 is 34.0 Å². The third kappa shape index (κ3) is 5.29. The molecule has 1 aliphatic rings. The Labute approximate surface area is 208 Å². The van der Waals surface area contributed by atoms with E-state index >= 15 is 0 Å². The van der Waals surface area contributed by atoms with E-state index in [1.54, 1.807) is 11.3 Å². The second-order valence-corrected chi connectivity index (χ2v) is 10.7. The number of thiophene rings is 1. The first-order valence-corrected chi connectivity index (χ1v) is 13.3. The molecule has 178 valence electrons. The molecular formula is C25H29N5O2S2. The van der Waals surface area contributed by atoms with Crippen LogP contribution in [0, 0.1) is 31.1 Å². The standard InChI is InChI=1S/C25H29N5O2S2/c1-5-30-22(13-32-18-8-7-16(3)17(4)11-18)28-29-25(30)33-14-23(31)27-24-20(12-26)19-9-6-15(2)10-21(19)34-24/h7-8,11,15H,5-6,9-10,13-14H2,1-4H3,(H,27,31). The van der Waals surface area contributed by atoms with Crippen molar-refractivity contribution in [1.29, 1.82) is 5.26 Å². The molecule has 34 heavy (non-hydrogen) atoms. The predicted octanol–water partition coefficient (Wildman–Crippen LogP) is 5.28. The van der Waals surface area contributed by atoms with Crippen molar-refractivity contribution in [2.24, 2.45) is 5.92 Å². The van der Waals surface area contributed by atoms with E-state index in [2.05, 4.69) is 42.4 Å². The van der Waals surface area contributed by atoms with Gasteiger partial charge in [0.1, 0.15) is 23.4 Å². The SMILES string of the molecule is CCn1c(COc2ccc(C)c(C)c2)nnc1SCC(=O)Nc1sc2c(c1C#N)CCC(C)C2. The van der Waals surface area contributed by atoms with Crippen LogP contribution in [0.25, 0.3) is 0 Å². The lowest BCUT2D eigenvalue weighted by molar-refractivity contribution is -0.113. The number of anilines is 1. The molecule has 0 saturated heterocycles. The van der Waals surface area contributed by atoms with Crippen molar-refractivity contribution in [2.45, 2.75) is 65.3 Å². The van der Waals surface area contributed by atoms with Gasteiger partial charge in [0.05, 0.1) is 11.3 Å². The average Bonchev–Trinajstić information content (AvgIpc) is 3.37. The van der Waals surface area contributed by atoms with Gasteiger partial charge >= 0.3 is 0 Å². The zero-order valence-electron chi connectivity index (χ0n) is 20.0. The lowest BCUT2D eigenvalue weighted by Crippen LogP contribution is -2.15. The molecule has 1 amide bonds. The highest BCUT2D eigenvalue weighted by Gasteiger charge is 2.25. The number of aromatic nitrogens is 3. The summed E-state index contributed by atoms with van der Waals surface area (Å²) in [5.41, 5.74) is 4.15. The molecule has 0 fully saturated rings. The van der Waals surface area contributed by atoms with Gasteiger partial charge in [-0.25, -0.2) is 0 Å². The number of nitrogens with zero attached hydrogens (tertiary/aromatic N) is 4. The summed E-state index contributed by atoms with van der Waals surface area (Å²) in [5, 5.41) is 22.5. The highest BCUT2D eigenvalue weighted by molar-refractivity contribution is 7.99. The predicted molar refractivity (Wildman–Crippen MR) is 136 cm³/mol. The number of ether oxygens (including phenoxy) is 1. The summed E-state index contributed by atoms with van der Waals surface area (Å²) < 4.78 is 7.88. The number of carbonyl (C=O) groups is 1. The fraction of sp³-hybridized carbons (Fsp3) is 0.440. The Morgan fingerprint density at radius 3 is 2.91 bits per heavy atom. The number of amides is 1. The molecule has 7 nitrogen and oxygen atoms in total. The molecule has 0 radical (unpaired) electrons. The summed E-state index contributed by atoms with van der Waals surface area (Å²) >= 11 is 2.88. The maximum atomic E-state index is 12.7. The first kappa shape index (κ1) is 24.3. The van der Waals surface area contributed by atoms with E-state index < -0.39 is 0 Å². The zero-order chi connectivity index (χ0) is 24.2. The molecule has 2 aromatic heterocycles. The highest BCUT2D eigenvalue weighted by atomic mass is 32.2. The quantitative estimate of drug-likeness (QED) is 0.427. The van der Waals surface area contributed by atoms with Gasteiger partial charge in [-0.3, -0.25) is 4.79 Å². The Morgan fingerprint density at radius 2 is 2.18 bits per heavy atom. The summed E-state index contributed by atoms with van der Waals surface area (Å²) in [4.78, 5) is 13.9. The second kappa shape index (κ2) is 10.6. The topological polar surface area (TPSA) is 92.8 Å². The number of nitriles is 1. The van der Waals surface area contributed by atoms with Gasteiger partial charge < -0.3 is 14.6 Å². The number of thioether (sulfide) groups is 1. The van der Waals surface area contributed by atoms with Crippen LogP contribution in [0.15, 0.2) is 23.4 Å². The van der Waals surface area contributed by atoms with Crippen molar-refractivity contribution in [1.82, 2.24) is 14.8 Å². The Bertz CT molecular complexity index is 1240. The molecule has 0 aliphatic heterocycles. The Balaban J connectivity index is 1.37. The molecule has 1 atom stereocenters. The van der Waals surface area contributed by atoms with E-state index in [9.17, 15) is 10.1 Å². The van der Waals surface area contributed by atoms with Crippen molar-refractivity contribution in [3.05, 3.63) is 51.2 Å². The Hall–Kier alpha value is -2.83. The molecule has 1 aromatic carbocycles. The van der Waals surface area contributed by atoms with Gasteiger partial charge in [-0.05, 0) is 74.8 Å². The van der Waals surface area contributed by atoms with Gasteiger partial charge in [0.2, 0.25) is 5.91 Å². The van der Waals surface area contributed by atoms with Crippen LogP contribution in [0.4, 0.5) is 5.00 Å². The Morgan fingerprint density at radius 1 is 1.35 bits per heavy atom. The minimum absolute atomic E-state index is 0.147. The van der Waals surface area contributed by atoms with Gasteiger partial charge in [-0.1, -0.05) is 24.8 Å². The minimum atomic E-state index is -0.147. The number of rotatable bonds is 8. The van der Waals surface area contributed by atoms with Gasteiger partial charge in [-0.2, -0.15) is 5.26 Å². The van der Waals surface area contributed by atoms with Crippen molar-refractivity contribution < 1.29 is 9.53 Å². The van der Waals surface area contributed by atoms with Crippen LogP contribution >= 0.6 is 23.1 Å². The number of hydrogen-bond acceptors (Lipinski definition) is 7. The molecule has 3 aromatic rings. The minimum Gasteiger partial charge on any atom is -0.486 e. The fourth-order valence-electron chi connectivity index (χ4n) is 4.05. The highest BCUT2D eigenvalue weighted by Crippen LogP contribution is 2.39. The summed E-state index contributed by atoms with van der Waals surface area (Å²) in [6.07, 6.45) is 2.98. The van der Waals surface area contributed by atoms with E-state index in [4.69, 9.17) is 4.74 Å². The van der Waals surface area contributed by atoms with Crippen molar-refractivity contribution in [3.8, 4) is 11.8 Å². The number of aryl methyl sites for hydroxylation is 2. The summed E-state index contributed by atoms with van der Waals surface area (Å²) in [6, 6.07) is 8.31. The molecule has 9 heteroatoms. The molecule has 4 rings (SSSR count). The maximum absolute atomic E-state index is 12.7. The Kier molecular flexibility index (Phi) is 7.59. The van der Waals surface area contributed by atoms with Crippen LogP contribution in [-0.2, 0) is 30.8 Å². The molecule has 1 N–H and O–H groups in total. The molecular weight excluding hydrogens is 466 g/mol. The molecule has 2 heterocycles. The number of fused-ring (bicyclic) bond motifs is 1. The number of carbonyl (C=O) groups excluding carboxylic acids is 1. The molecule has 0 saturated carbocycles. The van der Waals surface area contributed by atoms with Gasteiger partial charge in [0.25, 0.3) is 0 Å². The average molecular weight is 496 g/mol. The summed E-state index contributed by atoms with van der Waals surface area (Å²) in [5.74, 6) is 2.18. The summed E-state index contributed by atoms with van der Waals surface area (Å²) in [7, 11) is 0. The van der Waals surface area contributed by atoms with E-state index in [1.807, 2.05) is 29.7 Å². The third-order valence-corrected chi connectivity index (χ3v) is 8.30. The van der Waals surface area contributed by atoms with Crippen molar-refractivity contribution in [3.63, 3.8) is 0 Å². The van der Waals surface area contributed by atoms with Gasteiger partial charge in [0, 0.05) is 11.4 Å². The van der Waals surface area contributed by atoms with Crippen LogP contribution < -0.4 is 10.1 Å². The molecule has 0 spiro atoms. The molecule has 1 aliphatic carbocycles. The van der Waals surface area contributed by atoms with E-state index in [-0.39, 0.29) is 11.7 Å². The monoisotopic (exact) mass is 495 g/mol. The van der Waals surface area contributed by atoms with E-state index in [1.165, 1.54) is 27.8 Å². The summed E-state index contributed by atoms with van der Waals surface area (Å²) in [6.45, 7) is 9.36. The lowest BCUT2D eigenvalue weighted by atomic mass is 9.89. The molecule has 1 unspecified atom stereocenters. The smallest absolute Gasteiger partial charge is 0.235 e. The first-order chi connectivity index (χ1) is 16.4. The number of benzene rings is 1. The number of hydrogen-bond donors (Lipinski definition) is 1. The van der Waals surface area contributed by atoms with Gasteiger partial charge in [0.15, 0.2) is 11.0 Å². The molecule has 0 bridgehead atoms. The van der Waals surface area contributed by atoms with Crippen molar-refractivity contribution in [2.75, 3.05) is 11.1 Å². The number of nitrogens with one attached hydrogen (secondary N) is 1. The van der Waals surface area contributed by atoms with Gasteiger partial charge in [-0.15, -0.1) is 21.5 Å². The fourth-order valence-corrected chi connectivity index (χ4v) is 6.25. The lowest BCUT2D eigenvalue weighted by Gasteiger charge is -2.17. The van der Waals surface area contributed by atoms with Crippen LogP contribution in [0.3, 0.4) is 0 Å². The van der Waals surface area contributed by atoms with Crippen LogP contribution in [0.1, 0.15) is 53.2 Å². The van der Waals surface area contributed by atoms with Crippen LogP contribution in [0.5, 0.6) is 5.75 Å².